The third-order valence-electron chi connectivity index (χ3n) is 3.60. The Kier molecular flexibility index (Phi) is 4.32. The molecule has 1 aromatic heterocycles. The van der Waals surface area contributed by atoms with Crippen LogP contribution in [0.4, 0.5) is 0 Å². The molecule has 2 rings (SSSR count). The average molecular weight is 276 g/mol. The van der Waals surface area contributed by atoms with Crippen molar-refractivity contribution < 1.29 is 24.3 Å². The summed E-state index contributed by atoms with van der Waals surface area (Å²) in [7, 11) is 0. The summed E-state index contributed by atoms with van der Waals surface area (Å²) in [5, 5.41) is 18.4. The van der Waals surface area contributed by atoms with Crippen molar-refractivity contribution in [1.82, 2.24) is 0 Å². The Morgan fingerprint density at radius 2 is 2.10 bits per heavy atom. The van der Waals surface area contributed by atoms with Gasteiger partial charge in [0.05, 0.1) is 18.6 Å². The summed E-state index contributed by atoms with van der Waals surface area (Å²) in [6, 6.07) is 3.17. The molecule has 20 heavy (non-hydrogen) atoms. The van der Waals surface area contributed by atoms with E-state index in [9.17, 15) is 9.90 Å². The van der Waals surface area contributed by atoms with E-state index < -0.39 is 12.2 Å². The topological polar surface area (TPSA) is 70.6 Å². The number of carboxylic acid groups (broad SMARTS) is 1. The molecule has 0 amide bonds. The highest BCUT2D eigenvalue weighted by Gasteiger charge is 2.46. The van der Waals surface area contributed by atoms with Gasteiger partial charge in [0.1, 0.15) is 5.56 Å². The van der Waals surface area contributed by atoms with E-state index >= 15 is 0 Å². The number of ether oxygens (including phenoxy) is 1. The van der Waals surface area contributed by atoms with Crippen LogP contribution in [0, 0.1) is 11.8 Å². The maximum Gasteiger partial charge on any atom is 0.341 e. The third-order valence-corrected chi connectivity index (χ3v) is 3.60. The molecule has 1 aliphatic rings. The number of carbonyl (C=O) groups is 1. The lowest BCUT2D eigenvalue weighted by atomic mass is 9.89. The molecule has 5 nitrogen and oxygen atoms in total. The Hall–Kier alpha value is -1.98. The van der Waals surface area contributed by atoms with Crippen LogP contribution in [0.1, 0.15) is 16.6 Å². The second kappa shape index (κ2) is 5.98. The van der Waals surface area contributed by atoms with Crippen molar-refractivity contribution in [1.29, 1.82) is 0 Å². The fraction of sp³-hybridized carbons (Fsp3) is 0.333. The molecule has 2 heterocycles. The summed E-state index contributed by atoms with van der Waals surface area (Å²) in [5.41, 5.74) is 0.182. The molecule has 0 radical (unpaired) electrons. The SMILES string of the molecule is C=C[C@@H]1[C@H](C=C)[C@@H](CO)O[C@H]1[n+]1cccc(C(=O)O)c1. The summed E-state index contributed by atoms with van der Waals surface area (Å²) in [6.45, 7) is 7.46. The highest BCUT2D eigenvalue weighted by atomic mass is 16.5. The second-order valence-electron chi connectivity index (χ2n) is 4.72. The maximum absolute atomic E-state index is 11.0. The van der Waals surface area contributed by atoms with Gasteiger partial charge in [0.15, 0.2) is 12.4 Å². The Labute approximate surface area is 117 Å². The van der Waals surface area contributed by atoms with E-state index in [1.807, 2.05) is 0 Å². The van der Waals surface area contributed by atoms with Crippen molar-refractivity contribution in [3.8, 4) is 0 Å². The minimum Gasteiger partial charge on any atom is -0.477 e. The minimum atomic E-state index is -0.994. The number of aliphatic hydroxyl groups excluding tert-OH is 1. The predicted molar refractivity (Wildman–Crippen MR) is 72.0 cm³/mol. The van der Waals surface area contributed by atoms with E-state index in [0.717, 1.165) is 0 Å². The summed E-state index contributed by atoms with van der Waals surface area (Å²) in [5.74, 6) is -1.12. The van der Waals surface area contributed by atoms with E-state index in [4.69, 9.17) is 9.84 Å². The molecular formula is C15H18NO4+. The van der Waals surface area contributed by atoms with Crippen LogP contribution in [0.2, 0.25) is 0 Å². The molecule has 106 valence electrons. The molecule has 1 saturated heterocycles. The van der Waals surface area contributed by atoms with Crippen LogP contribution in [0.25, 0.3) is 0 Å². The van der Waals surface area contributed by atoms with E-state index in [-0.39, 0.29) is 30.1 Å². The summed E-state index contributed by atoms with van der Waals surface area (Å²) in [4.78, 5) is 11.0. The lowest BCUT2D eigenvalue weighted by Gasteiger charge is -2.13. The van der Waals surface area contributed by atoms with Crippen LogP contribution in [-0.4, -0.2) is 28.9 Å². The molecule has 5 heteroatoms. The number of aromatic carboxylic acids is 1. The quantitative estimate of drug-likeness (QED) is 0.625. The van der Waals surface area contributed by atoms with Gasteiger partial charge in [-0.1, -0.05) is 12.2 Å². The Bertz CT molecular complexity index is 528. The fourth-order valence-corrected chi connectivity index (χ4v) is 2.59. The van der Waals surface area contributed by atoms with Gasteiger partial charge in [-0.25, -0.2) is 4.79 Å². The van der Waals surface area contributed by atoms with Crippen LogP contribution in [0.5, 0.6) is 0 Å². The van der Waals surface area contributed by atoms with Gasteiger partial charge >= 0.3 is 5.97 Å². The average Bonchev–Trinajstić information content (AvgIpc) is 2.84. The van der Waals surface area contributed by atoms with Crippen LogP contribution in [0.15, 0.2) is 49.8 Å². The number of pyridine rings is 1. The summed E-state index contributed by atoms with van der Waals surface area (Å²) < 4.78 is 7.51. The molecule has 2 N–H and O–H groups in total. The van der Waals surface area contributed by atoms with Crippen molar-refractivity contribution in [3.63, 3.8) is 0 Å². The number of nitrogens with zero attached hydrogens (tertiary/aromatic N) is 1. The Balaban J connectivity index is 2.36. The molecule has 1 fully saturated rings. The molecule has 0 aliphatic carbocycles. The number of carboxylic acids is 1. The fourth-order valence-electron chi connectivity index (χ4n) is 2.59. The molecular weight excluding hydrogens is 258 g/mol. The summed E-state index contributed by atoms with van der Waals surface area (Å²) >= 11 is 0. The molecule has 0 bridgehead atoms. The maximum atomic E-state index is 11.0. The first-order chi connectivity index (χ1) is 9.62. The highest BCUT2D eigenvalue weighted by molar-refractivity contribution is 5.86. The molecule has 0 unspecified atom stereocenters. The molecule has 4 atom stereocenters. The number of aliphatic hydroxyl groups is 1. The first-order valence-electron chi connectivity index (χ1n) is 6.38. The van der Waals surface area contributed by atoms with Gasteiger partial charge in [0.25, 0.3) is 6.23 Å². The lowest BCUT2D eigenvalue weighted by molar-refractivity contribution is -0.764. The van der Waals surface area contributed by atoms with Gasteiger partial charge in [0.2, 0.25) is 0 Å². The van der Waals surface area contributed by atoms with E-state index in [0.29, 0.717) is 0 Å². The first-order valence-corrected chi connectivity index (χ1v) is 6.38. The highest BCUT2D eigenvalue weighted by Crippen LogP contribution is 2.37. The van der Waals surface area contributed by atoms with Crippen LogP contribution in [-0.2, 0) is 4.74 Å². The molecule has 0 spiro atoms. The van der Waals surface area contributed by atoms with Gasteiger partial charge in [0, 0.05) is 12.0 Å². The largest absolute Gasteiger partial charge is 0.477 e. The monoisotopic (exact) mass is 276 g/mol. The Morgan fingerprint density at radius 1 is 1.40 bits per heavy atom. The summed E-state index contributed by atoms with van der Waals surface area (Å²) in [6.07, 6.45) is 6.01. The Morgan fingerprint density at radius 3 is 2.65 bits per heavy atom. The van der Waals surface area contributed by atoms with Crippen molar-refractivity contribution in [2.24, 2.45) is 11.8 Å². The van der Waals surface area contributed by atoms with Gasteiger partial charge in [-0.2, -0.15) is 4.57 Å². The van der Waals surface area contributed by atoms with Crippen molar-refractivity contribution in [3.05, 3.63) is 55.4 Å². The number of aromatic nitrogens is 1. The van der Waals surface area contributed by atoms with Gasteiger partial charge in [-0.15, -0.1) is 13.2 Å². The zero-order chi connectivity index (χ0) is 14.7. The lowest BCUT2D eigenvalue weighted by Crippen LogP contribution is -2.42. The van der Waals surface area contributed by atoms with Gasteiger partial charge in [-0.05, 0) is 6.07 Å². The van der Waals surface area contributed by atoms with E-state index in [1.165, 1.54) is 12.3 Å². The van der Waals surface area contributed by atoms with Crippen LogP contribution < -0.4 is 4.57 Å². The van der Waals surface area contributed by atoms with E-state index in [1.54, 1.807) is 29.0 Å². The predicted octanol–water partition coefficient (Wildman–Crippen LogP) is 1.17. The van der Waals surface area contributed by atoms with Gasteiger partial charge in [-0.3, -0.25) is 0 Å². The van der Waals surface area contributed by atoms with Crippen molar-refractivity contribution >= 4 is 5.97 Å². The molecule has 0 aromatic carbocycles. The number of hydrogen-bond acceptors (Lipinski definition) is 3. The minimum absolute atomic E-state index is 0.0523. The standard InChI is InChI=1S/C15H17NO4/c1-3-11-12(4-2)14(20-13(11)9-17)16-7-5-6-10(8-16)15(18)19/h3-8,11-14,17H,1-2,9H2/p+1/t11-,12+,13+,14+/m0/s1. The number of rotatable bonds is 5. The van der Waals surface area contributed by atoms with Crippen molar-refractivity contribution in [2.75, 3.05) is 6.61 Å². The van der Waals surface area contributed by atoms with Crippen molar-refractivity contribution in [2.45, 2.75) is 12.3 Å². The third kappa shape index (κ3) is 2.50. The normalized spacial score (nSPS) is 29.1. The zero-order valence-electron chi connectivity index (χ0n) is 11.1. The van der Waals surface area contributed by atoms with E-state index in [2.05, 4.69) is 13.2 Å². The smallest absolute Gasteiger partial charge is 0.341 e. The second-order valence-corrected chi connectivity index (χ2v) is 4.72. The van der Waals surface area contributed by atoms with Crippen LogP contribution in [0.3, 0.4) is 0 Å². The molecule has 0 saturated carbocycles. The van der Waals surface area contributed by atoms with Gasteiger partial charge < -0.3 is 14.9 Å². The molecule has 1 aliphatic heterocycles. The number of hydrogen-bond donors (Lipinski definition) is 2. The first kappa shape index (κ1) is 14.4. The van der Waals surface area contributed by atoms with Crippen LogP contribution >= 0.6 is 0 Å². The molecule has 1 aromatic rings. The zero-order valence-corrected chi connectivity index (χ0v) is 11.1.